The molecule has 0 fully saturated rings. The zero-order chi connectivity index (χ0) is 10.8. The zero-order valence-electron chi connectivity index (χ0n) is 8.69. The molecular formula is C11H11N3S. The van der Waals surface area contributed by atoms with Crippen LogP contribution in [0.2, 0.25) is 0 Å². The molecule has 0 unspecified atom stereocenters. The van der Waals surface area contributed by atoms with E-state index >= 15 is 0 Å². The first kappa shape index (κ1) is 9.90. The van der Waals surface area contributed by atoms with Crippen LogP contribution < -0.4 is 0 Å². The van der Waals surface area contributed by atoms with Crippen LogP contribution in [-0.4, -0.2) is 14.8 Å². The highest BCUT2D eigenvalue weighted by Gasteiger charge is 2.06. The molecule has 0 aromatic carbocycles. The molecule has 0 aliphatic carbocycles. The van der Waals surface area contributed by atoms with Gasteiger partial charge in [0.25, 0.3) is 0 Å². The van der Waals surface area contributed by atoms with Crippen LogP contribution in [0.15, 0.2) is 30.9 Å². The summed E-state index contributed by atoms with van der Waals surface area (Å²) in [7, 11) is 1.90. The van der Waals surface area contributed by atoms with Crippen LogP contribution in [0.1, 0.15) is 11.8 Å². The van der Waals surface area contributed by atoms with Gasteiger partial charge < -0.3 is 0 Å². The molecule has 0 bridgehead atoms. The monoisotopic (exact) mass is 217 g/mol. The van der Waals surface area contributed by atoms with Crippen LogP contribution in [0, 0.1) is 0 Å². The second kappa shape index (κ2) is 3.85. The Kier molecular flexibility index (Phi) is 2.54. The quantitative estimate of drug-likeness (QED) is 0.724. The summed E-state index contributed by atoms with van der Waals surface area (Å²) >= 11 is 1.63. The summed E-state index contributed by atoms with van der Waals surface area (Å²) < 4.78 is 1.77. The molecule has 0 radical (unpaired) electrons. The zero-order valence-corrected chi connectivity index (χ0v) is 9.51. The van der Waals surface area contributed by atoms with Gasteiger partial charge in [0.1, 0.15) is 5.01 Å². The molecule has 0 amide bonds. The van der Waals surface area contributed by atoms with Crippen molar-refractivity contribution in [1.82, 2.24) is 14.8 Å². The summed E-state index contributed by atoms with van der Waals surface area (Å²) in [5.74, 6) is 0. The van der Waals surface area contributed by atoms with E-state index in [9.17, 15) is 0 Å². The Labute approximate surface area is 92.4 Å². The van der Waals surface area contributed by atoms with Gasteiger partial charge in [0.05, 0.1) is 11.1 Å². The third kappa shape index (κ3) is 1.91. The van der Waals surface area contributed by atoms with E-state index in [1.807, 2.05) is 32.6 Å². The maximum atomic E-state index is 4.35. The van der Waals surface area contributed by atoms with E-state index in [4.69, 9.17) is 0 Å². The largest absolute Gasteiger partial charge is 0.275 e. The number of aryl methyl sites for hydroxylation is 1. The average molecular weight is 217 g/mol. The van der Waals surface area contributed by atoms with Gasteiger partial charge in [-0.25, -0.2) is 4.98 Å². The van der Waals surface area contributed by atoms with Crippen molar-refractivity contribution in [3.63, 3.8) is 0 Å². The van der Waals surface area contributed by atoms with Crippen molar-refractivity contribution in [2.24, 2.45) is 7.05 Å². The third-order valence-corrected chi connectivity index (χ3v) is 3.26. The molecule has 2 rings (SSSR count). The lowest BCUT2D eigenvalue weighted by molar-refractivity contribution is 0.768. The maximum absolute atomic E-state index is 4.35. The van der Waals surface area contributed by atoms with Crippen molar-refractivity contribution in [3.8, 4) is 10.6 Å². The number of aromatic nitrogens is 3. The van der Waals surface area contributed by atoms with Gasteiger partial charge in [-0.15, -0.1) is 17.1 Å². The Morgan fingerprint density at radius 2 is 2.33 bits per heavy atom. The highest BCUT2D eigenvalue weighted by Crippen LogP contribution is 2.28. The number of allylic oxidation sites excluding steroid dienone is 1. The summed E-state index contributed by atoms with van der Waals surface area (Å²) in [6, 6.07) is 0. The normalized spacial score (nSPS) is 10.0. The van der Waals surface area contributed by atoms with Gasteiger partial charge in [-0.3, -0.25) is 4.68 Å². The van der Waals surface area contributed by atoms with E-state index in [2.05, 4.69) is 22.4 Å². The van der Waals surface area contributed by atoms with E-state index in [0.29, 0.717) is 0 Å². The molecule has 0 aliphatic rings. The fraction of sp³-hybridized carbons (Fsp3) is 0.182. The summed E-state index contributed by atoms with van der Waals surface area (Å²) in [6.45, 7) is 5.60. The summed E-state index contributed by atoms with van der Waals surface area (Å²) in [5, 5.41) is 5.10. The van der Waals surface area contributed by atoms with E-state index in [1.165, 1.54) is 0 Å². The molecule has 4 heteroatoms. The van der Waals surface area contributed by atoms with Crippen LogP contribution in [-0.2, 0) is 7.05 Å². The van der Waals surface area contributed by atoms with Crippen molar-refractivity contribution in [2.75, 3.05) is 0 Å². The molecule has 0 atom stereocenters. The third-order valence-electron chi connectivity index (χ3n) is 2.09. The smallest absolute Gasteiger partial charge is 0.127 e. The molecule has 76 valence electrons. The molecule has 2 aromatic heterocycles. The van der Waals surface area contributed by atoms with Gasteiger partial charge in [-0.05, 0) is 6.92 Å². The molecular weight excluding hydrogens is 206 g/mol. The van der Waals surface area contributed by atoms with Crippen molar-refractivity contribution in [1.29, 1.82) is 0 Å². The summed E-state index contributed by atoms with van der Waals surface area (Å²) in [5.41, 5.74) is 4.94. The Hall–Kier alpha value is -1.64. The van der Waals surface area contributed by atoms with Gasteiger partial charge in [0.15, 0.2) is 0 Å². The number of hydrogen-bond donors (Lipinski definition) is 0. The molecule has 2 heterocycles. The lowest BCUT2D eigenvalue weighted by atomic mass is 10.3. The second-order valence-corrected chi connectivity index (χ2v) is 4.26. The first-order chi connectivity index (χ1) is 7.20. The predicted octanol–water partition coefficient (Wildman–Crippen LogP) is 2.73. The Morgan fingerprint density at radius 1 is 1.53 bits per heavy atom. The molecule has 0 spiro atoms. The van der Waals surface area contributed by atoms with Crippen molar-refractivity contribution >= 4 is 16.9 Å². The average Bonchev–Trinajstić information content (AvgIpc) is 2.84. The highest BCUT2D eigenvalue weighted by atomic mass is 32.1. The molecule has 2 aromatic rings. The van der Waals surface area contributed by atoms with Gasteiger partial charge in [-0.1, -0.05) is 6.58 Å². The van der Waals surface area contributed by atoms with Gasteiger partial charge >= 0.3 is 0 Å². The summed E-state index contributed by atoms with van der Waals surface area (Å²) in [6.07, 6.45) is 5.62. The van der Waals surface area contributed by atoms with Crippen molar-refractivity contribution < 1.29 is 0 Å². The minimum atomic E-state index is 0.979. The molecule has 3 nitrogen and oxygen atoms in total. The van der Waals surface area contributed by atoms with Gasteiger partial charge in [0.2, 0.25) is 0 Å². The van der Waals surface area contributed by atoms with E-state index < -0.39 is 0 Å². The summed E-state index contributed by atoms with van der Waals surface area (Å²) in [4.78, 5) is 5.45. The maximum Gasteiger partial charge on any atom is 0.127 e. The van der Waals surface area contributed by atoms with Crippen LogP contribution in [0.4, 0.5) is 0 Å². The van der Waals surface area contributed by atoms with Crippen LogP contribution in [0.25, 0.3) is 16.1 Å². The van der Waals surface area contributed by atoms with Gasteiger partial charge in [-0.2, -0.15) is 5.10 Å². The fourth-order valence-corrected chi connectivity index (χ4v) is 2.07. The molecule has 0 aliphatic heterocycles. The Bertz CT molecular complexity index is 530. The first-order valence-electron chi connectivity index (χ1n) is 4.52. The second-order valence-electron chi connectivity index (χ2n) is 3.23. The number of nitrogens with zero attached hydrogens (tertiary/aromatic N) is 3. The van der Waals surface area contributed by atoms with Crippen LogP contribution >= 0.6 is 11.3 Å². The molecule has 0 N–H and O–H groups in total. The van der Waals surface area contributed by atoms with Crippen LogP contribution in [0.5, 0.6) is 0 Å². The van der Waals surface area contributed by atoms with Crippen molar-refractivity contribution in [3.05, 3.63) is 35.8 Å². The lowest BCUT2D eigenvalue weighted by Gasteiger charge is -1.88. The number of rotatable bonds is 2. The number of hydrogen-bond acceptors (Lipinski definition) is 3. The first-order valence-corrected chi connectivity index (χ1v) is 5.34. The topological polar surface area (TPSA) is 30.7 Å². The number of thiazole rings is 1. The van der Waals surface area contributed by atoms with E-state index in [0.717, 1.165) is 21.0 Å². The minimum Gasteiger partial charge on any atom is -0.275 e. The lowest BCUT2D eigenvalue weighted by Crippen LogP contribution is -1.83. The van der Waals surface area contributed by atoms with E-state index in [-0.39, 0.29) is 0 Å². The standard InChI is InChI=1S/C11H11N3S/c1-4-8(2)10-6-12-11(15-10)9-5-13-14(3)7-9/h5-7H,1H2,2-3H3. The minimum absolute atomic E-state index is 0.979. The van der Waals surface area contributed by atoms with Crippen LogP contribution in [0.3, 0.4) is 0 Å². The van der Waals surface area contributed by atoms with Crippen molar-refractivity contribution in [2.45, 2.75) is 6.92 Å². The SMILES string of the molecule is C=C=C(C)c1cnc(-c2cnn(C)c2)s1. The molecule has 0 saturated heterocycles. The van der Waals surface area contributed by atoms with E-state index in [1.54, 1.807) is 16.0 Å². The highest BCUT2D eigenvalue weighted by molar-refractivity contribution is 7.16. The Morgan fingerprint density at radius 3 is 2.93 bits per heavy atom. The van der Waals surface area contributed by atoms with Gasteiger partial charge in [0, 0.05) is 30.6 Å². The fourth-order valence-electron chi connectivity index (χ4n) is 1.20. The predicted molar refractivity (Wildman–Crippen MR) is 62.5 cm³/mol. The molecule has 15 heavy (non-hydrogen) atoms. The Balaban J connectivity index is 2.40. The molecule has 0 saturated carbocycles.